The van der Waals surface area contributed by atoms with E-state index >= 15 is 0 Å². The molecular weight excluding hydrogens is 366 g/mol. The summed E-state index contributed by atoms with van der Waals surface area (Å²) in [6.07, 6.45) is 1.90. The Kier molecular flexibility index (Phi) is 7.22. The van der Waals surface area contributed by atoms with Crippen LogP contribution in [0, 0.1) is 6.92 Å². The first-order valence-electron chi connectivity index (χ1n) is 10.1. The fourth-order valence-electron chi connectivity index (χ4n) is 3.64. The smallest absolute Gasteiger partial charge is 0.191 e. The molecule has 2 aromatic rings. The maximum atomic E-state index is 5.14. The number of nitrogens with one attached hydrogen (secondary N) is 2. The lowest BCUT2D eigenvalue weighted by Crippen LogP contribution is -2.48. The molecule has 2 unspecified atom stereocenters. The second-order valence-electron chi connectivity index (χ2n) is 7.78. The van der Waals surface area contributed by atoms with E-state index in [1.54, 1.807) is 7.11 Å². The van der Waals surface area contributed by atoms with Crippen molar-refractivity contribution >= 4 is 5.96 Å². The Bertz CT molecular complexity index is 813. The molecule has 29 heavy (non-hydrogen) atoms. The molecule has 2 heterocycles. The Morgan fingerprint density at radius 2 is 2.10 bits per heavy atom. The molecule has 0 bridgehead atoms. The molecule has 0 spiro atoms. The first kappa shape index (κ1) is 21.3. The number of fused-ring (bicyclic) bond motifs is 1. The molecule has 1 aliphatic heterocycles. The molecule has 1 aromatic carbocycles. The van der Waals surface area contributed by atoms with Crippen LogP contribution in [0.1, 0.15) is 35.2 Å². The van der Waals surface area contributed by atoms with Gasteiger partial charge in [0.25, 0.3) is 0 Å². The molecule has 0 aliphatic carbocycles. The standard InChI is InChI=1S/C21H33N7O/c1-15-6-8-16(9-7-15)18(27(3)4)12-23-21(22-2)24-17-10-11-20-25-19(14-29-5)26-28(20)13-17/h6-9,17-18H,10-14H2,1-5H3,(H2,22,23,24). The Balaban J connectivity index is 1.58. The van der Waals surface area contributed by atoms with Crippen LogP contribution in [0.15, 0.2) is 29.3 Å². The van der Waals surface area contributed by atoms with Crippen LogP contribution in [0.4, 0.5) is 0 Å². The average molecular weight is 400 g/mol. The van der Waals surface area contributed by atoms with E-state index in [0.29, 0.717) is 6.61 Å². The van der Waals surface area contributed by atoms with Gasteiger partial charge < -0.3 is 20.3 Å². The van der Waals surface area contributed by atoms with E-state index in [9.17, 15) is 0 Å². The van der Waals surface area contributed by atoms with E-state index < -0.39 is 0 Å². The number of methoxy groups -OCH3 is 1. The van der Waals surface area contributed by atoms with Crippen LogP contribution in [-0.2, 0) is 24.3 Å². The van der Waals surface area contributed by atoms with Crippen molar-refractivity contribution in [1.82, 2.24) is 30.3 Å². The third-order valence-corrected chi connectivity index (χ3v) is 5.29. The van der Waals surface area contributed by atoms with Crippen LogP contribution in [0.3, 0.4) is 0 Å². The van der Waals surface area contributed by atoms with Gasteiger partial charge in [0.15, 0.2) is 11.8 Å². The number of guanidine groups is 1. The molecule has 158 valence electrons. The summed E-state index contributed by atoms with van der Waals surface area (Å²) >= 11 is 0. The van der Waals surface area contributed by atoms with E-state index in [4.69, 9.17) is 4.74 Å². The highest BCUT2D eigenvalue weighted by Gasteiger charge is 2.23. The molecule has 1 aliphatic rings. The van der Waals surface area contributed by atoms with Crippen molar-refractivity contribution in [3.05, 3.63) is 47.0 Å². The second-order valence-corrected chi connectivity index (χ2v) is 7.78. The minimum absolute atomic E-state index is 0.263. The zero-order chi connectivity index (χ0) is 20.8. The van der Waals surface area contributed by atoms with Crippen molar-refractivity contribution in [2.24, 2.45) is 4.99 Å². The minimum atomic E-state index is 0.263. The SMILES string of the molecule is CN=C(NCC(c1ccc(C)cc1)N(C)C)NC1CCc2nc(COC)nn2C1. The summed E-state index contributed by atoms with van der Waals surface area (Å²) in [6.45, 7) is 4.12. The van der Waals surface area contributed by atoms with Crippen LogP contribution in [0.2, 0.25) is 0 Å². The van der Waals surface area contributed by atoms with E-state index in [1.807, 2.05) is 11.7 Å². The maximum Gasteiger partial charge on any atom is 0.191 e. The zero-order valence-electron chi connectivity index (χ0n) is 18.1. The highest BCUT2D eigenvalue weighted by atomic mass is 16.5. The van der Waals surface area contributed by atoms with Gasteiger partial charge in [-0.1, -0.05) is 29.8 Å². The molecule has 0 fully saturated rings. The van der Waals surface area contributed by atoms with Crippen molar-refractivity contribution < 1.29 is 4.74 Å². The molecule has 0 radical (unpaired) electrons. The van der Waals surface area contributed by atoms with Gasteiger partial charge in [0.1, 0.15) is 12.4 Å². The highest BCUT2D eigenvalue weighted by molar-refractivity contribution is 5.80. The van der Waals surface area contributed by atoms with Gasteiger partial charge in [-0.05, 0) is 33.0 Å². The van der Waals surface area contributed by atoms with Crippen molar-refractivity contribution in [3.8, 4) is 0 Å². The lowest BCUT2D eigenvalue weighted by atomic mass is 10.0. The topological polar surface area (TPSA) is 79.6 Å². The molecule has 1 aromatic heterocycles. The second kappa shape index (κ2) is 9.84. The van der Waals surface area contributed by atoms with Crippen LogP contribution in [0.25, 0.3) is 0 Å². The van der Waals surface area contributed by atoms with Crippen LogP contribution in [0.5, 0.6) is 0 Å². The number of hydrogen-bond donors (Lipinski definition) is 2. The fourth-order valence-corrected chi connectivity index (χ4v) is 3.64. The summed E-state index contributed by atoms with van der Waals surface area (Å²) < 4.78 is 7.13. The summed E-state index contributed by atoms with van der Waals surface area (Å²) in [5.41, 5.74) is 2.56. The van der Waals surface area contributed by atoms with Gasteiger partial charge in [0, 0.05) is 33.2 Å². The Hall–Kier alpha value is -2.45. The molecule has 3 rings (SSSR count). The predicted molar refractivity (Wildman–Crippen MR) is 115 cm³/mol. The lowest BCUT2D eigenvalue weighted by Gasteiger charge is -2.28. The molecule has 2 atom stereocenters. The van der Waals surface area contributed by atoms with Gasteiger partial charge >= 0.3 is 0 Å². The first-order valence-corrected chi connectivity index (χ1v) is 10.1. The quantitative estimate of drug-likeness (QED) is 0.543. The van der Waals surface area contributed by atoms with E-state index in [2.05, 4.69) is 75.9 Å². The maximum absolute atomic E-state index is 5.14. The average Bonchev–Trinajstić information content (AvgIpc) is 3.10. The lowest BCUT2D eigenvalue weighted by molar-refractivity contribution is 0.177. The minimum Gasteiger partial charge on any atom is -0.377 e. The molecule has 2 N–H and O–H groups in total. The number of aromatic nitrogens is 3. The number of benzene rings is 1. The molecular formula is C21H33N7O. The van der Waals surface area contributed by atoms with Crippen molar-refractivity contribution in [2.75, 3.05) is 34.8 Å². The van der Waals surface area contributed by atoms with Crippen LogP contribution >= 0.6 is 0 Å². The molecule has 8 nitrogen and oxygen atoms in total. The van der Waals surface area contributed by atoms with Crippen molar-refractivity contribution in [1.29, 1.82) is 0 Å². The highest BCUT2D eigenvalue weighted by Crippen LogP contribution is 2.18. The summed E-state index contributed by atoms with van der Waals surface area (Å²) in [5, 5.41) is 11.6. The normalized spacial score (nSPS) is 17.9. The summed E-state index contributed by atoms with van der Waals surface area (Å²) in [4.78, 5) is 11.2. The summed E-state index contributed by atoms with van der Waals surface area (Å²) in [5.74, 6) is 2.59. The monoisotopic (exact) mass is 399 g/mol. The Labute approximate surface area is 173 Å². The molecule has 8 heteroatoms. The number of ether oxygens (including phenoxy) is 1. The number of aliphatic imine (C=N–C) groups is 1. The van der Waals surface area contributed by atoms with Gasteiger partial charge in [-0.2, -0.15) is 5.10 Å². The van der Waals surface area contributed by atoms with Gasteiger partial charge in [-0.3, -0.25) is 4.99 Å². The van der Waals surface area contributed by atoms with Gasteiger partial charge in [-0.15, -0.1) is 0 Å². The third-order valence-electron chi connectivity index (χ3n) is 5.29. The summed E-state index contributed by atoms with van der Waals surface area (Å²) in [6, 6.07) is 9.25. The van der Waals surface area contributed by atoms with E-state index in [1.165, 1.54) is 11.1 Å². The first-order chi connectivity index (χ1) is 14.0. The number of hydrogen-bond acceptors (Lipinski definition) is 5. The third kappa shape index (κ3) is 5.55. The van der Waals surface area contributed by atoms with Gasteiger partial charge in [-0.25, -0.2) is 9.67 Å². The van der Waals surface area contributed by atoms with Crippen molar-refractivity contribution in [2.45, 2.75) is 45.0 Å². The summed E-state index contributed by atoms with van der Waals surface area (Å²) in [7, 11) is 7.69. The fraction of sp³-hybridized carbons (Fsp3) is 0.571. The molecule has 0 saturated heterocycles. The Morgan fingerprint density at radius 1 is 1.34 bits per heavy atom. The van der Waals surface area contributed by atoms with E-state index in [-0.39, 0.29) is 12.1 Å². The molecule has 0 amide bonds. The number of rotatable bonds is 7. The van der Waals surface area contributed by atoms with Crippen LogP contribution < -0.4 is 10.6 Å². The number of nitrogens with zero attached hydrogens (tertiary/aromatic N) is 5. The van der Waals surface area contributed by atoms with E-state index in [0.717, 1.165) is 43.5 Å². The van der Waals surface area contributed by atoms with Gasteiger partial charge in [0.2, 0.25) is 0 Å². The Morgan fingerprint density at radius 3 is 2.76 bits per heavy atom. The zero-order valence-corrected chi connectivity index (χ0v) is 18.1. The van der Waals surface area contributed by atoms with Gasteiger partial charge in [0.05, 0.1) is 12.6 Å². The molecule has 0 saturated carbocycles. The predicted octanol–water partition coefficient (Wildman–Crippen LogP) is 1.52. The van der Waals surface area contributed by atoms with Crippen LogP contribution in [-0.4, -0.2) is 66.5 Å². The number of aryl methyl sites for hydroxylation is 2. The van der Waals surface area contributed by atoms with Crippen molar-refractivity contribution in [3.63, 3.8) is 0 Å². The number of likely N-dealkylation sites (N-methyl/N-ethyl adjacent to an activating group) is 1. The largest absolute Gasteiger partial charge is 0.377 e.